The van der Waals surface area contributed by atoms with Crippen molar-refractivity contribution in [3.05, 3.63) is 32.9 Å². The minimum atomic E-state index is -0.467. The van der Waals surface area contributed by atoms with Gasteiger partial charge in [-0.2, -0.15) is 0 Å². The molecule has 108 valence electrons. The Morgan fingerprint density at radius 2 is 2.15 bits per heavy atom. The summed E-state index contributed by atoms with van der Waals surface area (Å²) < 4.78 is 6.80. The largest absolute Gasteiger partial charge is 0.461 e. The van der Waals surface area contributed by atoms with Gasteiger partial charge in [0.1, 0.15) is 11.6 Å². The number of hydrogen-bond acceptors (Lipinski definition) is 5. The van der Waals surface area contributed by atoms with Crippen LogP contribution < -0.4 is 5.73 Å². The lowest BCUT2D eigenvalue weighted by atomic mass is 10.3. The average Bonchev–Trinajstić information content (AvgIpc) is 2.84. The topological polar surface area (TPSA) is 70.1 Å². The molecule has 0 saturated heterocycles. The summed E-state index contributed by atoms with van der Waals surface area (Å²) in [6, 6.07) is 2.14. The summed E-state index contributed by atoms with van der Waals surface area (Å²) in [5, 5.41) is 0. The van der Waals surface area contributed by atoms with E-state index in [4.69, 9.17) is 10.5 Å². The van der Waals surface area contributed by atoms with Crippen molar-refractivity contribution in [1.29, 1.82) is 0 Å². The normalized spacial score (nSPS) is 10.8. The average molecular weight is 293 g/mol. The highest BCUT2D eigenvalue weighted by Gasteiger charge is 2.20. The third kappa shape index (κ3) is 2.70. The molecule has 0 atom stereocenters. The molecule has 0 aliphatic carbocycles. The molecule has 0 aliphatic rings. The molecule has 0 bridgehead atoms. The Morgan fingerprint density at radius 1 is 1.45 bits per heavy atom. The first-order valence-corrected chi connectivity index (χ1v) is 7.31. The van der Waals surface area contributed by atoms with Gasteiger partial charge in [-0.25, -0.2) is 9.78 Å². The number of imidazole rings is 1. The molecule has 2 N–H and O–H groups in total. The Morgan fingerprint density at radius 3 is 2.70 bits per heavy atom. The SMILES string of the molecule is CCOC(=O)c1nc(C)n(Cc2cc(C)c(C)s2)c1N. The lowest BCUT2D eigenvalue weighted by Crippen LogP contribution is -2.10. The zero-order chi connectivity index (χ0) is 14.9. The van der Waals surface area contributed by atoms with Gasteiger partial charge in [-0.05, 0) is 39.3 Å². The van der Waals surface area contributed by atoms with E-state index in [1.807, 2.05) is 11.5 Å². The second-order valence-corrected chi connectivity index (χ2v) is 5.99. The highest BCUT2D eigenvalue weighted by atomic mass is 32.1. The Kier molecular flexibility index (Phi) is 4.13. The summed E-state index contributed by atoms with van der Waals surface area (Å²) in [6.45, 7) is 8.72. The van der Waals surface area contributed by atoms with Crippen molar-refractivity contribution in [1.82, 2.24) is 9.55 Å². The van der Waals surface area contributed by atoms with E-state index in [-0.39, 0.29) is 5.69 Å². The van der Waals surface area contributed by atoms with Crippen molar-refractivity contribution in [2.45, 2.75) is 34.2 Å². The first kappa shape index (κ1) is 14.6. The van der Waals surface area contributed by atoms with Gasteiger partial charge >= 0.3 is 5.97 Å². The van der Waals surface area contributed by atoms with Crippen LogP contribution in [0.4, 0.5) is 5.82 Å². The Hall–Kier alpha value is -1.82. The predicted molar refractivity (Wildman–Crippen MR) is 80.2 cm³/mol. The molecular weight excluding hydrogens is 274 g/mol. The molecule has 0 aromatic carbocycles. The molecule has 0 spiro atoms. The van der Waals surface area contributed by atoms with Crippen LogP contribution in [0.3, 0.4) is 0 Å². The molecule has 2 aromatic heterocycles. The first-order chi connectivity index (χ1) is 9.43. The van der Waals surface area contributed by atoms with E-state index in [1.165, 1.54) is 15.3 Å². The maximum atomic E-state index is 11.8. The van der Waals surface area contributed by atoms with Gasteiger partial charge in [0.05, 0.1) is 13.2 Å². The van der Waals surface area contributed by atoms with Crippen molar-refractivity contribution in [2.24, 2.45) is 0 Å². The number of anilines is 1. The number of nitrogen functional groups attached to an aromatic ring is 1. The fraction of sp³-hybridized carbons (Fsp3) is 0.429. The monoisotopic (exact) mass is 293 g/mol. The number of carbonyl (C=O) groups is 1. The molecule has 0 amide bonds. The van der Waals surface area contributed by atoms with E-state index in [2.05, 4.69) is 24.9 Å². The quantitative estimate of drug-likeness (QED) is 0.880. The minimum absolute atomic E-state index is 0.203. The van der Waals surface area contributed by atoms with Crippen LogP contribution in [0, 0.1) is 20.8 Å². The van der Waals surface area contributed by atoms with E-state index in [0.717, 1.165) is 0 Å². The molecular formula is C14H19N3O2S. The summed E-state index contributed by atoms with van der Waals surface area (Å²) >= 11 is 1.73. The summed E-state index contributed by atoms with van der Waals surface area (Å²) in [5.41, 5.74) is 7.51. The van der Waals surface area contributed by atoms with Crippen molar-refractivity contribution in [3.8, 4) is 0 Å². The lowest BCUT2D eigenvalue weighted by Gasteiger charge is -2.06. The van der Waals surface area contributed by atoms with Crippen molar-refractivity contribution in [3.63, 3.8) is 0 Å². The number of thiophene rings is 1. The Balaban J connectivity index is 2.30. The number of carbonyl (C=O) groups excluding carboxylic acids is 1. The molecule has 0 unspecified atom stereocenters. The summed E-state index contributed by atoms with van der Waals surface area (Å²) in [6.07, 6.45) is 0. The van der Waals surface area contributed by atoms with Crippen LogP contribution in [0.15, 0.2) is 6.07 Å². The Labute approximate surface area is 122 Å². The number of aromatic nitrogens is 2. The number of nitrogens with zero attached hydrogens (tertiary/aromatic N) is 2. The summed E-state index contributed by atoms with van der Waals surface area (Å²) in [7, 11) is 0. The van der Waals surface area contributed by atoms with Crippen LogP contribution in [0.1, 0.15) is 38.6 Å². The summed E-state index contributed by atoms with van der Waals surface area (Å²) in [5.74, 6) is 0.615. The fourth-order valence-corrected chi connectivity index (χ4v) is 3.06. The third-order valence-electron chi connectivity index (χ3n) is 3.20. The van der Waals surface area contributed by atoms with Gasteiger partial charge in [0, 0.05) is 9.75 Å². The van der Waals surface area contributed by atoms with Gasteiger partial charge in [-0.15, -0.1) is 11.3 Å². The maximum absolute atomic E-state index is 11.8. The van der Waals surface area contributed by atoms with Crippen LogP contribution in [-0.2, 0) is 11.3 Å². The Bertz CT molecular complexity index is 624. The third-order valence-corrected chi connectivity index (χ3v) is 4.33. The van der Waals surface area contributed by atoms with Gasteiger partial charge in [-0.1, -0.05) is 0 Å². The molecule has 0 aliphatic heterocycles. The van der Waals surface area contributed by atoms with Gasteiger partial charge in [0.15, 0.2) is 5.69 Å². The maximum Gasteiger partial charge on any atom is 0.360 e. The second kappa shape index (κ2) is 5.66. The lowest BCUT2D eigenvalue weighted by molar-refractivity contribution is 0.0521. The van der Waals surface area contributed by atoms with E-state index < -0.39 is 5.97 Å². The number of aryl methyl sites for hydroxylation is 3. The number of hydrogen-bond donors (Lipinski definition) is 1. The number of nitrogens with two attached hydrogens (primary N) is 1. The smallest absolute Gasteiger partial charge is 0.360 e. The van der Waals surface area contributed by atoms with Crippen LogP contribution in [0.25, 0.3) is 0 Å². The summed E-state index contributed by atoms with van der Waals surface area (Å²) in [4.78, 5) is 18.5. The van der Waals surface area contributed by atoms with E-state index in [9.17, 15) is 4.79 Å². The van der Waals surface area contributed by atoms with E-state index in [0.29, 0.717) is 24.8 Å². The minimum Gasteiger partial charge on any atom is -0.461 e. The molecule has 5 nitrogen and oxygen atoms in total. The van der Waals surface area contributed by atoms with Gasteiger partial charge in [-0.3, -0.25) is 0 Å². The van der Waals surface area contributed by atoms with Crippen LogP contribution in [0.5, 0.6) is 0 Å². The number of rotatable bonds is 4. The second-order valence-electron chi connectivity index (χ2n) is 4.65. The van der Waals surface area contributed by atoms with E-state index >= 15 is 0 Å². The van der Waals surface area contributed by atoms with Crippen LogP contribution >= 0.6 is 11.3 Å². The van der Waals surface area contributed by atoms with Crippen molar-refractivity contribution >= 4 is 23.1 Å². The zero-order valence-corrected chi connectivity index (χ0v) is 13.0. The molecule has 2 aromatic rings. The van der Waals surface area contributed by atoms with Crippen molar-refractivity contribution < 1.29 is 9.53 Å². The molecule has 0 saturated carbocycles. The molecule has 20 heavy (non-hydrogen) atoms. The molecule has 2 heterocycles. The van der Waals surface area contributed by atoms with Gasteiger partial charge < -0.3 is 15.0 Å². The molecule has 2 rings (SSSR count). The van der Waals surface area contributed by atoms with Gasteiger partial charge in [0.25, 0.3) is 0 Å². The fourth-order valence-electron chi connectivity index (χ4n) is 2.01. The van der Waals surface area contributed by atoms with Gasteiger partial charge in [0.2, 0.25) is 0 Å². The van der Waals surface area contributed by atoms with Crippen LogP contribution in [0.2, 0.25) is 0 Å². The first-order valence-electron chi connectivity index (χ1n) is 6.49. The highest BCUT2D eigenvalue weighted by Crippen LogP contribution is 2.24. The zero-order valence-electron chi connectivity index (χ0n) is 12.2. The van der Waals surface area contributed by atoms with Crippen LogP contribution in [-0.4, -0.2) is 22.1 Å². The molecule has 0 radical (unpaired) electrons. The molecule has 0 fully saturated rings. The van der Waals surface area contributed by atoms with E-state index in [1.54, 1.807) is 18.3 Å². The predicted octanol–water partition coefficient (Wildman–Crippen LogP) is 2.68. The standard InChI is InChI=1S/C14H19N3O2S/c1-5-19-14(18)12-13(15)17(10(4)16-12)7-11-6-8(2)9(3)20-11/h6H,5,7,15H2,1-4H3. The number of esters is 1. The molecule has 6 heteroatoms. The number of ether oxygens (including phenoxy) is 1. The highest BCUT2D eigenvalue weighted by molar-refractivity contribution is 7.12. The van der Waals surface area contributed by atoms with Crippen molar-refractivity contribution in [2.75, 3.05) is 12.3 Å².